The average molecular weight is 484 g/mol. The van der Waals surface area contributed by atoms with Crippen molar-refractivity contribution in [3.63, 3.8) is 0 Å². The first kappa shape index (κ1) is 23.9. The van der Waals surface area contributed by atoms with Crippen LogP contribution in [0.5, 0.6) is 5.75 Å². The van der Waals surface area contributed by atoms with Crippen LogP contribution in [-0.4, -0.2) is 48.1 Å². The normalized spacial score (nSPS) is 16.2. The third kappa shape index (κ3) is 4.54. The molecule has 0 aliphatic carbocycles. The number of nitrogens with zero attached hydrogens (tertiary/aromatic N) is 1. The zero-order chi connectivity index (χ0) is 24.4. The number of furan rings is 1. The lowest BCUT2D eigenvalue weighted by Gasteiger charge is -2.28. The van der Waals surface area contributed by atoms with Crippen LogP contribution in [0, 0.1) is 0 Å². The van der Waals surface area contributed by atoms with Crippen LogP contribution < -0.4 is 4.74 Å². The number of aliphatic hydroxyl groups is 1. The summed E-state index contributed by atoms with van der Waals surface area (Å²) in [6.45, 7) is 4.50. The Bertz CT molecular complexity index is 1260. The summed E-state index contributed by atoms with van der Waals surface area (Å²) in [5.74, 6) is -1.24. The molecule has 4 rings (SSSR count). The van der Waals surface area contributed by atoms with Gasteiger partial charge in [0.2, 0.25) is 5.78 Å². The molecule has 7 nitrogen and oxygen atoms in total. The van der Waals surface area contributed by atoms with E-state index in [2.05, 4.69) is 0 Å². The van der Waals surface area contributed by atoms with Crippen molar-refractivity contribution in [1.82, 2.24) is 4.90 Å². The molecule has 2 aromatic carbocycles. The van der Waals surface area contributed by atoms with Crippen LogP contribution in [0.25, 0.3) is 11.0 Å². The minimum atomic E-state index is -0.844. The lowest BCUT2D eigenvalue weighted by molar-refractivity contribution is -0.129. The van der Waals surface area contributed by atoms with Crippen LogP contribution >= 0.6 is 11.6 Å². The second kappa shape index (κ2) is 9.91. The van der Waals surface area contributed by atoms with Gasteiger partial charge in [0.15, 0.2) is 11.5 Å². The maximum absolute atomic E-state index is 13.7. The number of fused-ring (bicyclic) bond motifs is 1. The number of benzene rings is 2. The van der Waals surface area contributed by atoms with Crippen LogP contribution in [0.1, 0.15) is 42.4 Å². The number of rotatable bonds is 9. The predicted molar refractivity (Wildman–Crippen MR) is 128 cm³/mol. The smallest absolute Gasteiger partial charge is 0.290 e. The molecule has 0 bridgehead atoms. The number of methoxy groups -OCH3 is 1. The summed E-state index contributed by atoms with van der Waals surface area (Å²) >= 11 is 6.07. The van der Waals surface area contributed by atoms with E-state index in [1.54, 1.807) is 49.6 Å². The number of ether oxygens (including phenoxy) is 2. The zero-order valence-electron chi connectivity index (χ0n) is 19.2. The van der Waals surface area contributed by atoms with E-state index in [1.165, 1.54) is 4.90 Å². The summed E-state index contributed by atoms with van der Waals surface area (Å²) in [6, 6.07) is 12.9. The summed E-state index contributed by atoms with van der Waals surface area (Å²) < 4.78 is 16.9. The molecule has 0 saturated carbocycles. The van der Waals surface area contributed by atoms with Gasteiger partial charge in [-0.1, -0.05) is 29.8 Å². The summed E-state index contributed by atoms with van der Waals surface area (Å²) in [7, 11) is 1.58. The van der Waals surface area contributed by atoms with Gasteiger partial charge in [0.25, 0.3) is 5.91 Å². The lowest BCUT2D eigenvalue weighted by atomic mass is 9.94. The molecule has 0 fully saturated rings. The van der Waals surface area contributed by atoms with Gasteiger partial charge < -0.3 is 23.9 Å². The molecular weight excluding hydrogens is 458 g/mol. The maximum Gasteiger partial charge on any atom is 0.290 e. The summed E-state index contributed by atoms with van der Waals surface area (Å²) in [5.41, 5.74) is 1.04. The number of amides is 1. The van der Waals surface area contributed by atoms with Gasteiger partial charge in [-0.15, -0.1) is 0 Å². The predicted octanol–water partition coefficient (Wildman–Crippen LogP) is 5.49. The fraction of sp³-hybridized carbons (Fsp3) is 0.308. The van der Waals surface area contributed by atoms with E-state index in [9.17, 15) is 14.7 Å². The van der Waals surface area contributed by atoms with Gasteiger partial charge in [-0.3, -0.25) is 9.59 Å². The van der Waals surface area contributed by atoms with Crippen molar-refractivity contribution in [2.75, 3.05) is 20.3 Å². The second-order valence-corrected chi connectivity index (χ2v) is 8.77. The first-order valence-corrected chi connectivity index (χ1v) is 11.4. The van der Waals surface area contributed by atoms with E-state index < -0.39 is 23.5 Å². The highest BCUT2D eigenvalue weighted by atomic mass is 35.5. The van der Waals surface area contributed by atoms with Gasteiger partial charge >= 0.3 is 0 Å². The molecule has 178 valence electrons. The number of hydrogen-bond acceptors (Lipinski definition) is 6. The molecule has 8 heteroatoms. The van der Waals surface area contributed by atoms with Crippen LogP contribution in [-0.2, 0) is 9.53 Å². The van der Waals surface area contributed by atoms with Crippen molar-refractivity contribution >= 4 is 34.3 Å². The monoisotopic (exact) mass is 483 g/mol. The first-order valence-electron chi connectivity index (χ1n) is 11.0. The van der Waals surface area contributed by atoms with Gasteiger partial charge in [-0.25, -0.2) is 0 Å². The van der Waals surface area contributed by atoms with Crippen molar-refractivity contribution in [3.8, 4) is 5.75 Å². The summed E-state index contributed by atoms with van der Waals surface area (Å²) in [5, 5.41) is 12.0. The number of ketones is 1. The SMILES string of the molecule is COCCCN1C(=O)C(O)=C(C(=O)c2cc3cc(Cl)ccc3o2)C1c1ccccc1OC(C)C. The molecule has 0 saturated heterocycles. The molecule has 1 N–H and O–H groups in total. The van der Waals surface area contributed by atoms with Crippen molar-refractivity contribution in [1.29, 1.82) is 0 Å². The van der Waals surface area contributed by atoms with Gasteiger partial charge in [-0.2, -0.15) is 0 Å². The van der Waals surface area contributed by atoms with E-state index in [0.29, 0.717) is 40.3 Å². The van der Waals surface area contributed by atoms with Gasteiger partial charge in [0.1, 0.15) is 11.3 Å². The Balaban J connectivity index is 1.81. The third-order valence-electron chi connectivity index (χ3n) is 5.57. The zero-order valence-corrected chi connectivity index (χ0v) is 20.0. The van der Waals surface area contributed by atoms with Crippen molar-refractivity contribution in [2.24, 2.45) is 0 Å². The molecule has 0 radical (unpaired) electrons. The molecule has 3 aromatic rings. The number of Topliss-reactive ketones (excluding diaryl/α,β-unsaturated/α-hetero) is 1. The van der Waals surface area contributed by atoms with E-state index in [0.717, 1.165) is 0 Å². The number of halogens is 1. The Kier molecular flexibility index (Phi) is 6.95. The Morgan fingerprint density at radius 3 is 2.71 bits per heavy atom. The minimum Gasteiger partial charge on any atom is -0.503 e. The molecule has 1 aliphatic rings. The number of hydrogen-bond donors (Lipinski definition) is 1. The second-order valence-electron chi connectivity index (χ2n) is 8.34. The Morgan fingerprint density at radius 2 is 1.97 bits per heavy atom. The Hall–Kier alpha value is -3.29. The van der Waals surface area contributed by atoms with Crippen molar-refractivity contribution in [2.45, 2.75) is 32.4 Å². The van der Waals surface area contributed by atoms with E-state index in [4.69, 9.17) is 25.5 Å². The van der Waals surface area contributed by atoms with Crippen molar-refractivity contribution < 1.29 is 28.6 Å². The largest absolute Gasteiger partial charge is 0.503 e. The molecule has 1 aliphatic heterocycles. The molecule has 34 heavy (non-hydrogen) atoms. The van der Waals surface area contributed by atoms with Crippen LogP contribution in [0.4, 0.5) is 0 Å². The van der Waals surface area contributed by atoms with Crippen LogP contribution in [0.2, 0.25) is 5.02 Å². The van der Waals surface area contributed by atoms with Crippen LogP contribution in [0.15, 0.2) is 64.3 Å². The highest BCUT2D eigenvalue weighted by Gasteiger charge is 2.45. The molecule has 0 spiro atoms. The molecule has 1 amide bonds. The molecular formula is C26H26ClNO6. The van der Waals surface area contributed by atoms with E-state index in [1.807, 2.05) is 19.9 Å². The maximum atomic E-state index is 13.7. The number of carbonyl (C=O) groups is 2. The third-order valence-corrected chi connectivity index (χ3v) is 5.81. The average Bonchev–Trinajstić information content (AvgIpc) is 3.33. The first-order chi connectivity index (χ1) is 16.3. The Labute approximate surface area is 202 Å². The number of carbonyl (C=O) groups excluding carboxylic acids is 2. The minimum absolute atomic E-state index is 0.0117. The number of para-hydroxylation sites is 1. The topological polar surface area (TPSA) is 89.2 Å². The number of aliphatic hydroxyl groups excluding tert-OH is 1. The summed E-state index contributed by atoms with van der Waals surface area (Å²) in [6.07, 6.45) is 0.404. The van der Waals surface area contributed by atoms with E-state index >= 15 is 0 Å². The quantitative estimate of drug-likeness (QED) is 0.320. The van der Waals surface area contributed by atoms with E-state index in [-0.39, 0.29) is 24.0 Å². The van der Waals surface area contributed by atoms with Crippen LogP contribution in [0.3, 0.4) is 0 Å². The lowest BCUT2D eigenvalue weighted by Crippen LogP contribution is -2.33. The molecule has 1 aromatic heterocycles. The van der Waals surface area contributed by atoms with Gasteiger partial charge in [-0.05, 0) is 50.6 Å². The Morgan fingerprint density at radius 1 is 1.21 bits per heavy atom. The fourth-order valence-electron chi connectivity index (χ4n) is 4.15. The molecule has 1 unspecified atom stereocenters. The van der Waals surface area contributed by atoms with Gasteiger partial charge in [0.05, 0.1) is 17.7 Å². The highest BCUT2D eigenvalue weighted by Crippen LogP contribution is 2.43. The standard InChI is InChI=1S/C26H26ClNO6/c1-15(2)33-20-8-5-4-7-18(20)23-22(25(30)26(31)28(23)11-6-12-32-3)24(29)21-14-16-13-17(27)9-10-19(16)34-21/h4-5,7-10,13-15,23,30H,6,11-12H2,1-3H3. The molecule has 1 atom stereocenters. The fourth-order valence-corrected chi connectivity index (χ4v) is 4.33. The highest BCUT2D eigenvalue weighted by molar-refractivity contribution is 6.31. The van der Waals surface area contributed by atoms with Crippen molar-refractivity contribution in [3.05, 3.63) is 76.2 Å². The summed E-state index contributed by atoms with van der Waals surface area (Å²) in [4.78, 5) is 28.3. The molecule has 2 heterocycles. The van der Waals surface area contributed by atoms with Gasteiger partial charge in [0, 0.05) is 36.2 Å².